The molecule has 2 aromatic rings. The predicted molar refractivity (Wildman–Crippen MR) is 170 cm³/mol. The number of sulfonamides is 1. The molecule has 7 nitrogen and oxygen atoms in total. The molecule has 6 atom stereocenters. The fourth-order valence-corrected chi connectivity index (χ4v) is 10.2. The van der Waals surface area contributed by atoms with Crippen LogP contribution in [0.4, 0.5) is 5.69 Å². The summed E-state index contributed by atoms with van der Waals surface area (Å²) in [5.41, 5.74) is 3.33. The summed E-state index contributed by atoms with van der Waals surface area (Å²) >= 11 is 6.39. The number of anilines is 1. The highest BCUT2D eigenvalue weighted by atomic mass is 35.5. The third-order valence-electron chi connectivity index (χ3n) is 10.3. The first-order valence-electron chi connectivity index (χ1n) is 15.7. The van der Waals surface area contributed by atoms with Crippen molar-refractivity contribution in [1.29, 1.82) is 0 Å². The molecule has 1 spiro atoms. The Bertz CT molecular complexity index is 1520. The van der Waals surface area contributed by atoms with Gasteiger partial charge in [-0.05, 0) is 104 Å². The molecule has 1 fully saturated rings. The smallest absolute Gasteiger partial charge is 0.264 e. The van der Waals surface area contributed by atoms with E-state index in [2.05, 4.69) is 21.8 Å². The van der Waals surface area contributed by atoms with Gasteiger partial charge in [0.05, 0.1) is 23.6 Å². The summed E-state index contributed by atoms with van der Waals surface area (Å²) < 4.78 is 36.1. The lowest BCUT2D eigenvalue weighted by atomic mass is 9.68. The lowest BCUT2D eigenvalue weighted by Gasteiger charge is -2.45. The van der Waals surface area contributed by atoms with E-state index in [0.29, 0.717) is 31.9 Å². The van der Waals surface area contributed by atoms with Crippen LogP contribution in [0.15, 0.2) is 48.6 Å². The number of rotatable bonds is 1. The highest BCUT2D eigenvalue weighted by molar-refractivity contribution is 7.90. The molecule has 9 heteroatoms. The van der Waals surface area contributed by atoms with Crippen LogP contribution in [0.3, 0.4) is 0 Å². The molecule has 1 amide bonds. The van der Waals surface area contributed by atoms with Crippen molar-refractivity contribution in [2.24, 2.45) is 23.7 Å². The number of amides is 1. The minimum Gasteiger partial charge on any atom is -0.490 e. The maximum Gasteiger partial charge on any atom is 0.264 e. The van der Waals surface area contributed by atoms with Crippen LogP contribution in [0.2, 0.25) is 5.02 Å². The summed E-state index contributed by atoms with van der Waals surface area (Å²) in [5, 5.41) is 11.2. The van der Waals surface area contributed by atoms with E-state index in [9.17, 15) is 18.3 Å². The Morgan fingerprint density at radius 3 is 2.72 bits per heavy atom. The standard InChI is InChI=1S/C34H43ClN2O5S/c1-21(2)32-22(3)6-4-8-30(38)27-12-9-25(27)18-37-19-34(15-5-7-23-16-26(35)11-13-28(23)34)20-42-31-14-10-24(17-29(31)37)33(39)36-43(32,40)41/h4,8,10-11,13-14,16-17,21-22,25,27,30,32,38H,5-7,9,12,15,18-20H2,1-3H3,(H,36,39)/b8-4+/t22-,25+,27-,30+,32+,34+/m1/s1. The number of carbonyl (C=O) groups is 1. The second-order valence-corrected chi connectivity index (χ2v) is 15.9. The number of benzene rings is 2. The van der Waals surface area contributed by atoms with Crippen LogP contribution in [0, 0.1) is 23.7 Å². The van der Waals surface area contributed by atoms with E-state index in [1.54, 1.807) is 18.2 Å². The SMILES string of the molecule is CC(C)[C@H]1[C@H](C)C/C=C/[C@H](O)[C@@H]2CC[C@H]2CN2C[C@@]3(CCCc4cc(Cl)ccc43)COc3ccc(cc32)C(=O)NS1(=O)=O. The fourth-order valence-electron chi connectivity index (χ4n) is 8.10. The highest BCUT2D eigenvalue weighted by Gasteiger charge is 2.44. The second kappa shape index (κ2) is 11.8. The minimum atomic E-state index is -3.97. The van der Waals surface area contributed by atoms with Crippen LogP contribution in [0.5, 0.6) is 5.75 Å². The van der Waals surface area contributed by atoms with E-state index < -0.39 is 27.3 Å². The molecule has 2 aliphatic carbocycles. The van der Waals surface area contributed by atoms with Gasteiger partial charge in [0, 0.05) is 29.1 Å². The number of nitrogens with zero attached hydrogens (tertiary/aromatic N) is 1. The van der Waals surface area contributed by atoms with Gasteiger partial charge in [-0.2, -0.15) is 0 Å². The van der Waals surface area contributed by atoms with Crippen molar-refractivity contribution >= 4 is 33.2 Å². The maximum absolute atomic E-state index is 13.6. The number of hydrogen-bond acceptors (Lipinski definition) is 6. The summed E-state index contributed by atoms with van der Waals surface area (Å²) in [6.45, 7) is 7.53. The molecule has 2 aliphatic heterocycles. The molecule has 43 heavy (non-hydrogen) atoms. The van der Waals surface area contributed by atoms with Gasteiger partial charge in [-0.15, -0.1) is 0 Å². The zero-order valence-electron chi connectivity index (χ0n) is 25.3. The van der Waals surface area contributed by atoms with Crippen LogP contribution in [-0.4, -0.2) is 50.5 Å². The Morgan fingerprint density at radius 1 is 1.16 bits per heavy atom. The van der Waals surface area contributed by atoms with Gasteiger partial charge in [0.15, 0.2) is 0 Å². The number of carbonyl (C=O) groups excluding carboxylic acids is 1. The number of aliphatic hydroxyl groups is 1. The summed E-state index contributed by atoms with van der Waals surface area (Å²) in [7, 11) is -3.97. The molecular weight excluding hydrogens is 584 g/mol. The van der Waals surface area contributed by atoms with Crippen LogP contribution in [0.25, 0.3) is 0 Å². The van der Waals surface area contributed by atoms with Gasteiger partial charge in [0.1, 0.15) is 5.75 Å². The van der Waals surface area contributed by atoms with Gasteiger partial charge in [0.2, 0.25) is 10.0 Å². The van der Waals surface area contributed by atoms with Gasteiger partial charge in [0.25, 0.3) is 5.91 Å². The quantitative estimate of drug-likeness (QED) is 0.384. The summed E-state index contributed by atoms with van der Waals surface area (Å²) in [5.74, 6) is 0.0209. The van der Waals surface area contributed by atoms with E-state index in [1.807, 2.05) is 39.0 Å². The van der Waals surface area contributed by atoms with Gasteiger partial charge >= 0.3 is 0 Å². The van der Waals surface area contributed by atoms with E-state index in [-0.39, 0.29) is 34.7 Å². The highest BCUT2D eigenvalue weighted by Crippen LogP contribution is 2.46. The van der Waals surface area contributed by atoms with Gasteiger partial charge < -0.3 is 14.7 Å². The first kappa shape index (κ1) is 30.5. The number of aryl methyl sites for hydroxylation is 1. The number of allylic oxidation sites excluding steroid dienone is 1. The molecule has 0 unspecified atom stereocenters. The molecule has 1 saturated carbocycles. The number of nitrogens with one attached hydrogen (secondary N) is 1. The molecule has 2 bridgehead atoms. The number of ether oxygens (including phenoxy) is 1. The molecule has 2 N–H and O–H groups in total. The monoisotopic (exact) mass is 626 g/mol. The number of hydrogen-bond donors (Lipinski definition) is 2. The average molecular weight is 627 g/mol. The van der Waals surface area contributed by atoms with Crippen molar-refractivity contribution in [2.45, 2.75) is 76.1 Å². The lowest BCUT2D eigenvalue weighted by molar-refractivity contribution is 0.0455. The number of aliphatic hydroxyl groups excluding tert-OH is 1. The zero-order chi connectivity index (χ0) is 30.5. The van der Waals surface area contributed by atoms with Gasteiger partial charge in [-0.3, -0.25) is 4.79 Å². The Labute approximate surface area is 260 Å². The largest absolute Gasteiger partial charge is 0.490 e. The Morgan fingerprint density at radius 2 is 1.98 bits per heavy atom. The van der Waals surface area contributed by atoms with Crippen LogP contribution < -0.4 is 14.4 Å². The molecule has 4 aliphatic rings. The molecule has 2 heterocycles. The van der Waals surface area contributed by atoms with Crippen LogP contribution in [-0.2, 0) is 21.9 Å². The Hall–Kier alpha value is -2.55. The molecule has 2 aromatic carbocycles. The van der Waals surface area contributed by atoms with Crippen molar-refractivity contribution in [3.8, 4) is 5.75 Å². The van der Waals surface area contributed by atoms with Crippen LogP contribution in [0.1, 0.15) is 74.4 Å². The maximum atomic E-state index is 13.6. The van der Waals surface area contributed by atoms with Crippen LogP contribution >= 0.6 is 11.6 Å². The van der Waals surface area contributed by atoms with E-state index >= 15 is 0 Å². The van der Waals surface area contributed by atoms with E-state index in [1.165, 1.54) is 11.1 Å². The van der Waals surface area contributed by atoms with Gasteiger partial charge in [-0.1, -0.05) is 50.6 Å². The number of halogens is 1. The predicted octanol–water partition coefficient (Wildman–Crippen LogP) is 5.88. The van der Waals surface area contributed by atoms with E-state index in [0.717, 1.165) is 42.8 Å². The molecule has 0 radical (unpaired) electrons. The molecule has 232 valence electrons. The summed E-state index contributed by atoms with van der Waals surface area (Å²) in [6.07, 6.45) is 8.61. The van der Waals surface area contributed by atoms with Crippen molar-refractivity contribution in [3.63, 3.8) is 0 Å². The fraction of sp³-hybridized carbons (Fsp3) is 0.559. The molecular formula is C34H43ClN2O5S. The summed E-state index contributed by atoms with van der Waals surface area (Å²) in [6, 6.07) is 11.4. The zero-order valence-corrected chi connectivity index (χ0v) is 26.8. The first-order chi connectivity index (χ1) is 20.5. The third-order valence-corrected chi connectivity index (χ3v) is 12.8. The molecule has 0 saturated heterocycles. The van der Waals surface area contributed by atoms with Crippen molar-refractivity contribution < 1.29 is 23.1 Å². The van der Waals surface area contributed by atoms with Gasteiger partial charge in [-0.25, -0.2) is 13.1 Å². The Kier molecular flexibility index (Phi) is 8.33. The normalized spacial score (nSPS) is 32.9. The average Bonchev–Trinajstić information content (AvgIpc) is 3.07. The van der Waals surface area contributed by atoms with Crippen molar-refractivity contribution in [1.82, 2.24) is 4.72 Å². The second-order valence-electron chi connectivity index (χ2n) is 13.6. The van der Waals surface area contributed by atoms with E-state index in [4.69, 9.17) is 16.3 Å². The van der Waals surface area contributed by atoms with Crippen molar-refractivity contribution in [2.75, 3.05) is 24.6 Å². The lowest BCUT2D eigenvalue weighted by Crippen LogP contribution is -2.49. The molecule has 0 aromatic heterocycles. The van der Waals surface area contributed by atoms with Crippen molar-refractivity contribution in [3.05, 3.63) is 70.3 Å². The first-order valence-corrected chi connectivity index (χ1v) is 17.6. The Balaban J connectivity index is 1.43. The topological polar surface area (TPSA) is 95.9 Å². The number of fused-ring (bicyclic) bond motifs is 4. The minimum absolute atomic E-state index is 0.122. The summed E-state index contributed by atoms with van der Waals surface area (Å²) in [4.78, 5) is 15.9. The third kappa shape index (κ3) is 5.83. The molecule has 6 rings (SSSR count).